The minimum atomic E-state index is -0.217. The van der Waals surface area contributed by atoms with Crippen LogP contribution in [0.3, 0.4) is 0 Å². The summed E-state index contributed by atoms with van der Waals surface area (Å²) in [5, 5.41) is 11.1. The zero-order valence-corrected chi connectivity index (χ0v) is 12.5. The molecule has 0 bridgehead atoms. The molecule has 4 nitrogen and oxygen atoms in total. The van der Waals surface area contributed by atoms with Crippen molar-refractivity contribution < 1.29 is 9.90 Å². The molecule has 4 heteroatoms. The molecule has 0 aliphatic rings. The van der Waals surface area contributed by atoms with E-state index in [2.05, 4.69) is 24.4 Å². The fourth-order valence-electron chi connectivity index (χ4n) is 1.59. The maximum atomic E-state index is 11.4. The molecule has 21 heavy (non-hydrogen) atoms. The summed E-state index contributed by atoms with van der Waals surface area (Å²) in [6.45, 7) is 4.16. The van der Waals surface area contributed by atoms with Gasteiger partial charge in [0.25, 0.3) is 5.91 Å². The Kier molecular flexibility index (Phi) is 6.98. The fourth-order valence-corrected chi connectivity index (χ4v) is 1.59. The predicted molar refractivity (Wildman–Crippen MR) is 86.2 cm³/mol. The first-order chi connectivity index (χ1) is 10.0. The molecule has 0 aliphatic carbocycles. The molecule has 0 fully saturated rings. The highest BCUT2D eigenvalue weighted by atomic mass is 16.3. The van der Waals surface area contributed by atoms with Crippen molar-refractivity contribution in [3.63, 3.8) is 0 Å². The maximum Gasteiger partial charge on any atom is 0.251 e. The molecule has 0 aromatic heterocycles. The largest absolute Gasteiger partial charge is 0.398 e. The first-order valence-electron chi connectivity index (χ1n) is 6.81. The Labute approximate surface area is 125 Å². The Morgan fingerprint density at radius 2 is 1.81 bits per heavy atom. The van der Waals surface area contributed by atoms with E-state index in [1.54, 1.807) is 18.2 Å². The summed E-state index contributed by atoms with van der Waals surface area (Å²) in [5.74, 6) is -0.217. The van der Waals surface area contributed by atoms with Crippen LogP contribution in [0.2, 0.25) is 0 Å². The minimum Gasteiger partial charge on any atom is -0.398 e. The van der Waals surface area contributed by atoms with E-state index < -0.39 is 0 Å². The molecule has 1 amide bonds. The summed E-state index contributed by atoms with van der Waals surface area (Å²) < 4.78 is 0. The smallest absolute Gasteiger partial charge is 0.251 e. The van der Waals surface area contributed by atoms with Crippen LogP contribution in [0.5, 0.6) is 0 Å². The molecule has 2 rings (SSSR count). The van der Waals surface area contributed by atoms with E-state index in [-0.39, 0.29) is 19.1 Å². The van der Waals surface area contributed by atoms with Crippen LogP contribution in [0.4, 0.5) is 5.69 Å². The molecule has 112 valence electrons. The molecule has 2 aromatic carbocycles. The zero-order chi connectivity index (χ0) is 15.7. The van der Waals surface area contributed by atoms with Gasteiger partial charge in [-0.1, -0.05) is 42.0 Å². The van der Waals surface area contributed by atoms with Crippen molar-refractivity contribution in [2.75, 3.05) is 18.9 Å². The Morgan fingerprint density at radius 3 is 2.29 bits per heavy atom. The second-order valence-electron chi connectivity index (χ2n) is 4.71. The summed E-state index contributed by atoms with van der Waals surface area (Å²) in [6.07, 6.45) is 0. The molecule has 0 heterocycles. The Bertz CT molecular complexity index is 568. The Hall–Kier alpha value is -2.33. The van der Waals surface area contributed by atoms with Crippen LogP contribution < -0.4 is 11.1 Å². The van der Waals surface area contributed by atoms with Crippen LogP contribution in [0.15, 0.2) is 48.5 Å². The Morgan fingerprint density at radius 1 is 1.14 bits per heavy atom. The Balaban J connectivity index is 0.000000262. The van der Waals surface area contributed by atoms with Crippen molar-refractivity contribution in [2.24, 2.45) is 0 Å². The molecule has 0 spiro atoms. The quantitative estimate of drug-likeness (QED) is 0.758. The summed E-state index contributed by atoms with van der Waals surface area (Å²) >= 11 is 0. The molecular formula is C17H22N2O2. The lowest BCUT2D eigenvalue weighted by Crippen LogP contribution is -2.26. The molecule has 0 radical (unpaired) electrons. The summed E-state index contributed by atoms with van der Waals surface area (Å²) in [7, 11) is 0. The van der Waals surface area contributed by atoms with Gasteiger partial charge in [-0.2, -0.15) is 0 Å². The van der Waals surface area contributed by atoms with E-state index in [0.717, 1.165) is 5.56 Å². The number of hydrogen-bond donors (Lipinski definition) is 3. The van der Waals surface area contributed by atoms with Gasteiger partial charge < -0.3 is 16.2 Å². The van der Waals surface area contributed by atoms with Crippen molar-refractivity contribution in [1.29, 1.82) is 0 Å². The predicted octanol–water partition coefficient (Wildman–Crippen LogP) is 2.29. The lowest BCUT2D eigenvalue weighted by atomic mass is 10.1. The lowest BCUT2D eigenvalue weighted by Gasteiger charge is -2.05. The van der Waals surface area contributed by atoms with Crippen molar-refractivity contribution in [3.8, 4) is 0 Å². The third-order valence-electron chi connectivity index (χ3n) is 2.88. The zero-order valence-electron chi connectivity index (χ0n) is 12.5. The molecule has 0 saturated carbocycles. The monoisotopic (exact) mass is 286 g/mol. The number of nitrogens with one attached hydrogen (secondary N) is 1. The number of rotatable bonds is 3. The van der Waals surface area contributed by atoms with Crippen molar-refractivity contribution in [1.82, 2.24) is 5.32 Å². The average Bonchev–Trinajstić information content (AvgIpc) is 2.49. The number of carbonyl (C=O) groups is 1. The first-order valence-corrected chi connectivity index (χ1v) is 6.81. The van der Waals surface area contributed by atoms with Crippen LogP contribution >= 0.6 is 0 Å². The molecule has 0 saturated heterocycles. The van der Waals surface area contributed by atoms with E-state index in [1.165, 1.54) is 5.56 Å². The first kappa shape index (κ1) is 16.7. The number of benzene rings is 2. The lowest BCUT2D eigenvalue weighted by molar-refractivity contribution is 0.0945. The minimum absolute atomic E-state index is 0.0624. The summed E-state index contributed by atoms with van der Waals surface area (Å²) in [4.78, 5) is 11.4. The van der Waals surface area contributed by atoms with Gasteiger partial charge in [-0.3, -0.25) is 4.79 Å². The van der Waals surface area contributed by atoms with Gasteiger partial charge in [0, 0.05) is 17.8 Å². The highest BCUT2D eigenvalue weighted by Crippen LogP contribution is 2.12. The molecule has 4 N–H and O–H groups in total. The second kappa shape index (κ2) is 8.76. The van der Waals surface area contributed by atoms with Gasteiger partial charge in [-0.25, -0.2) is 0 Å². The number of carbonyl (C=O) groups excluding carboxylic acids is 1. The second-order valence-corrected chi connectivity index (χ2v) is 4.71. The van der Waals surface area contributed by atoms with Crippen LogP contribution in [-0.4, -0.2) is 24.2 Å². The molecule has 0 atom stereocenters. The molecule has 0 unspecified atom stereocenters. The molecule has 0 aliphatic heterocycles. The van der Waals surface area contributed by atoms with Gasteiger partial charge in [0.15, 0.2) is 0 Å². The van der Waals surface area contributed by atoms with Gasteiger partial charge >= 0.3 is 0 Å². The number of anilines is 1. The standard InChI is InChI=1S/C10H14N2O2.C7H8/c1-7-2-3-8(6-9(7)11)10(14)12-4-5-13;1-7-5-3-2-4-6-7/h2-3,6,13H,4-5,11H2,1H3,(H,12,14);2-6H,1H3. The number of aliphatic hydroxyl groups is 1. The highest BCUT2D eigenvalue weighted by Gasteiger charge is 2.05. The SMILES string of the molecule is Cc1ccc(C(=O)NCCO)cc1N.Cc1ccccc1. The van der Waals surface area contributed by atoms with E-state index >= 15 is 0 Å². The number of aliphatic hydroxyl groups excluding tert-OH is 1. The van der Waals surface area contributed by atoms with Crippen LogP contribution in [0.25, 0.3) is 0 Å². The van der Waals surface area contributed by atoms with E-state index in [9.17, 15) is 4.79 Å². The summed E-state index contributed by atoms with van der Waals surface area (Å²) in [6, 6.07) is 15.4. The van der Waals surface area contributed by atoms with Gasteiger partial charge in [0.2, 0.25) is 0 Å². The van der Waals surface area contributed by atoms with Crippen LogP contribution in [-0.2, 0) is 0 Å². The van der Waals surface area contributed by atoms with Crippen molar-refractivity contribution >= 4 is 11.6 Å². The normalized spacial score (nSPS) is 9.48. The van der Waals surface area contributed by atoms with Gasteiger partial charge in [0.1, 0.15) is 0 Å². The number of aryl methyl sites for hydroxylation is 2. The third kappa shape index (κ3) is 6.10. The molecular weight excluding hydrogens is 264 g/mol. The van der Waals surface area contributed by atoms with Gasteiger partial charge in [-0.05, 0) is 31.5 Å². The van der Waals surface area contributed by atoms with E-state index in [4.69, 9.17) is 10.8 Å². The summed E-state index contributed by atoms with van der Waals surface area (Å²) in [5.41, 5.74) is 9.04. The third-order valence-corrected chi connectivity index (χ3v) is 2.88. The number of nitrogens with two attached hydrogens (primary N) is 1. The van der Waals surface area contributed by atoms with E-state index in [0.29, 0.717) is 11.3 Å². The van der Waals surface area contributed by atoms with E-state index in [1.807, 2.05) is 25.1 Å². The number of nitrogen functional groups attached to an aromatic ring is 1. The maximum absolute atomic E-state index is 11.4. The van der Waals surface area contributed by atoms with Crippen LogP contribution in [0, 0.1) is 13.8 Å². The van der Waals surface area contributed by atoms with Gasteiger partial charge in [-0.15, -0.1) is 0 Å². The molecule has 2 aromatic rings. The topological polar surface area (TPSA) is 75.3 Å². The van der Waals surface area contributed by atoms with Crippen molar-refractivity contribution in [3.05, 3.63) is 65.2 Å². The average molecular weight is 286 g/mol. The highest BCUT2D eigenvalue weighted by molar-refractivity contribution is 5.95. The van der Waals surface area contributed by atoms with Gasteiger partial charge in [0.05, 0.1) is 6.61 Å². The number of amides is 1. The fraction of sp³-hybridized carbons (Fsp3) is 0.235. The number of hydrogen-bond acceptors (Lipinski definition) is 3. The van der Waals surface area contributed by atoms with Crippen LogP contribution in [0.1, 0.15) is 21.5 Å². The van der Waals surface area contributed by atoms with Crippen molar-refractivity contribution in [2.45, 2.75) is 13.8 Å².